The summed E-state index contributed by atoms with van der Waals surface area (Å²) < 4.78 is 24.0. The van der Waals surface area contributed by atoms with Crippen molar-refractivity contribution < 1.29 is 18.9 Å². The molecule has 0 aliphatic heterocycles. The fourth-order valence-corrected chi connectivity index (χ4v) is 3.37. The molecule has 0 aliphatic rings. The number of halogens is 2. The lowest BCUT2D eigenvalue weighted by atomic mass is 10.1. The number of ether oxygens (including phenoxy) is 4. The molecule has 1 aromatic carbocycles. The average Bonchev–Trinajstić information content (AvgIpc) is 3.04. The number of methoxy groups -OCH3 is 3. The van der Waals surface area contributed by atoms with Gasteiger partial charge in [0.1, 0.15) is 5.52 Å². The van der Waals surface area contributed by atoms with E-state index in [9.17, 15) is 0 Å². The summed E-state index contributed by atoms with van der Waals surface area (Å²) in [6, 6.07) is 1.83. The number of benzene rings is 1. The molecule has 11 heteroatoms. The molecule has 0 atom stereocenters. The summed E-state index contributed by atoms with van der Waals surface area (Å²) in [5.41, 5.74) is 7.55. The molecule has 0 aliphatic carbocycles. The molecule has 9 nitrogen and oxygen atoms in total. The van der Waals surface area contributed by atoms with Gasteiger partial charge in [-0.2, -0.15) is 9.97 Å². The number of imidazole rings is 1. The van der Waals surface area contributed by atoms with Crippen LogP contribution in [-0.2, 0) is 11.3 Å². The first kappa shape index (κ1) is 19.5. The fourth-order valence-electron chi connectivity index (χ4n) is 2.57. The minimum Gasteiger partial charge on any atom is -0.493 e. The van der Waals surface area contributed by atoms with E-state index < -0.39 is 0 Å². The highest BCUT2D eigenvalue weighted by Crippen LogP contribution is 2.45. The number of anilines is 1. The molecule has 0 bridgehead atoms. The molecule has 0 saturated heterocycles. The smallest absolute Gasteiger partial charge is 0.223 e. The molecule has 0 fully saturated rings. The highest BCUT2D eigenvalue weighted by Gasteiger charge is 2.21. The Labute approximate surface area is 168 Å². The van der Waals surface area contributed by atoms with Crippen LogP contribution in [0.25, 0.3) is 11.2 Å². The van der Waals surface area contributed by atoms with Gasteiger partial charge in [-0.05, 0) is 27.6 Å². The van der Waals surface area contributed by atoms with Crippen LogP contribution >= 0.6 is 27.5 Å². The predicted molar refractivity (Wildman–Crippen MR) is 104 cm³/mol. The van der Waals surface area contributed by atoms with E-state index in [1.165, 1.54) is 7.11 Å². The molecule has 2 heterocycles. The zero-order chi connectivity index (χ0) is 19.6. The Balaban J connectivity index is 2.07. The molecule has 2 N–H and O–H groups in total. The van der Waals surface area contributed by atoms with E-state index in [1.54, 1.807) is 25.1 Å². The lowest BCUT2D eigenvalue weighted by Gasteiger charge is -2.18. The SMILES string of the molecule is COCOc1c(OC)cc(Cn2cnc3c(Cl)nc(N)nc32)c(Br)c1OC. The maximum absolute atomic E-state index is 6.09. The molecule has 3 rings (SSSR count). The van der Waals surface area contributed by atoms with E-state index >= 15 is 0 Å². The van der Waals surface area contributed by atoms with Crippen LogP contribution in [0.15, 0.2) is 16.9 Å². The van der Waals surface area contributed by atoms with Gasteiger partial charge < -0.3 is 29.2 Å². The Hall–Kier alpha value is -2.30. The molecule has 0 radical (unpaired) electrons. The van der Waals surface area contributed by atoms with Crippen LogP contribution in [0.4, 0.5) is 5.95 Å². The maximum Gasteiger partial charge on any atom is 0.223 e. The second-order valence-corrected chi connectivity index (χ2v) is 6.53. The van der Waals surface area contributed by atoms with E-state index in [-0.39, 0.29) is 17.9 Å². The fraction of sp³-hybridized carbons (Fsp3) is 0.312. The third-order valence-electron chi connectivity index (χ3n) is 3.74. The zero-order valence-corrected chi connectivity index (χ0v) is 17.2. The highest BCUT2D eigenvalue weighted by atomic mass is 79.9. The summed E-state index contributed by atoms with van der Waals surface area (Å²) in [7, 11) is 4.63. The summed E-state index contributed by atoms with van der Waals surface area (Å²) in [4.78, 5) is 12.4. The summed E-state index contributed by atoms with van der Waals surface area (Å²) >= 11 is 9.66. The molecular formula is C16H17BrClN5O4. The van der Waals surface area contributed by atoms with Crippen LogP contribution in [0.3, 0.4) is 0 Å². The van der Waals surface area contributed by atoms with Crippen molar-refractivity contribution in [3.8, 4) is 17.2 Å². The monoisotopic (exact) mass is 457 g/mol. The van der Waals surface area contributed by atoms with Crippen molar-refractivity contribution in [2.45, 2.75) is 6.54 Å². The Bertz CT molecular complexity index is 981. The summed E-state index contributed by atoms with van der Waals surface area (Å²) in [6.07, 6.45) is 1.62. The van der Waals surface area contributed by atoms with Crippen LogP contribution < -0.4 is 19.9 Å². The minimum atomic E-state index is 0.0549. The Morgan fingerprint density at radius 3 is 2.63 bits per heavy atom. The van der Waals surface area contributed by atoms with Gasteiger partial charge in [0.2, 0.25) is 11.7 Å². The largest absolute Gasteiger partial charge is 0.493 e. The quantitative estimate of drug-likeness (QED) is 0.425. The van der Waals surface area contributed by atoms with E-state index in [4.69, 9.17) is 36.3 Å². The standard InChI is InChI=1S/C16H17BrClN5O4/c1-24-7-27-12-9(25-2)4-8(10(17)13(12)26-3)5-23-6-20-11-14(18)21-16(19)22-15(11)23/h4,6H,5,7H2,1-3H3,(H2,19,21,22). The van der Waals surface area contributed by atoms with Crippen LogP contribution in [0.5, 0.6) is 17.2 Å². The van der Waals surface area contributed by atoms with Gasteiger partial charge in [-0.25, -0.2) is 4.98 Å². The van der Waals surface area contributed by atoms with Crippen molar-refractivity contribution in [1.29, 1.82) is 0 Å². The molecule has 27 heavy (non-hydrogen) atoms. The molecule has 0 unspecified atom stereocenters. The number of nitrogens with two attached hydrogens (primary N) is 1. The van der Waals surface area contributed by atoms with Gasteiger partial charge in [0.15, 0.2) is 29.1 Å². The normalized spacial score (nSPS) is 11.0. The second-order valence-electron chi connectivity index (χ2n) is 5.38. The van der Waals surface area contributed by atoms with Gasteiger partial charge in [-0.15, -0.1) is 0 Å². The number of hydrogen-bond acceptors (Lipinski definition) is 8. The van der Waals surface area contributed by atoms with Gasteiger partial charge >= 0.3 is 0 Å². The summed E-state index contributed by atoms with van der Waals surface area (Å²) in [5.74, 6) is 1.49. The minimum absolute atomic E-state index is 0.0549. The van der Waals surface area contributed by atoms with Crippen LogP contribution in [0.1, 0.15) is 5.56 Å². The third kappa shape index (κ3) is 3.73. The first-order valence-electron chi connectivity index (χ1n) is 7.69. The van der Waals surface area contributed by atoms with Crippen molar-refractivity contribution in [2.24, 2.45) is 0 Å². The lowest BCUT2D eigenvalue weighted by Crippen LogP contribution is -2.07. The van der Waals surface area contributed by atoms with Crippen LogP contribution in [0, 0.1) is 0 Å². The van der Waals surface area contributed by atoms with E-state index in [2.05, 4.69) is 30.9 Å². The van der Waals surface area contributed by atoms with Gasteiger partial charge in [0.25, 0.3) is 0 Å². The van der Waals surface area contributed by atoms with Gasteiger partial charge in [0.05, 0.1) is 31.6 Å². The molecular weight excluding hydrogens is 442 g/mol. The Morgan fingerprint density at radius 2 is 1.96 bits per heavy atom. The molecule has 0 amide bonds. The molecule has 144 valence electrons. The molecule has 2 aromatic heterocycles. The average molecular weight is 459 g/mol. The lowest BCUT2D eigenvalue weighted by molar-refractivity contribution is 0.0470. The number of nitrogens with zero attached hydrogens (tertiary/aromatic N) is 4. The highest BCUT2D eigenvalue weighted by molar-refractivity contribution is 9.10. The third-order valence-corrected chi connectivity index (χ3v) is 4.87. The van der Waals surface area contributed by atoms with Gasteiger partial charge in [0, 0.05) is 7.11 Å². The topological polar surface area (TPSA) is 107 Å². The number of rotatable bonds is 7. The Morgan fingerprint density at radius 1 is 1.19 bits per heavy atom. The first-order valence-corrected chi connectivity index (χ1v) is 8.86. The molecule has 0 spiro atoms. The molecule has 0 saturated carbocycles. The van der Waals surface area contributed by atoms with Crippen LogP contribution in [-0.4, -0.2) is 47.6 Å². The Kier molecular flexibility index (Phi) is 5.88. The number of aromatic nitrogens is 4. The second kappa shape index (κ2) is 8.15. The van der Waals surface area contributed by atoms with Crippen molar-refractivity contribution in [2.75, 3.05) is 33.9 Å². The summed E-state index contributed by atoms with van der Waals surface area (Å²) in [5, 5.41) is 0.203. The zero-order valence-electron chi connectivity index (χ0n) is 14.8. The first-order chi connectivity index (χ1) is 13.0. The predicted octanol–water partition coefficient (Wildman–Crippen LogP) is 2.87. The van der Waals surface area contributed by atoms with Crippen LogP contribution in [0.2, 0.25) is 5.15 Å². The number of fused-ring (bicyclic) bond motifs is 1. The van der Waals surface area contributed by atoms with E-state index in [0.717, 1.165) is 5.56 Å². The van der Waals surface area contributed by atoms with E-state index in [0.29, 0.717) is 39.4 Å². The van der Waals surface area contributed by atoms with Crippen molar-refractivity contribution >= 4 is 44.6 Å². The van der Waals surface area contributed by atoms with Crippen molar-refractivity contribution in [3.63, 3.8) is 0 Å². The van der Waals surface area contributed by atoms with E-state index in [1.807, 2.05) is 6.07 Å². The van der Waals surface area contributed by atoms with Crippen molar-refractivity contribution in [1.82, 2.24) is 19.5 Å². The van der Waals surface area contributed by atoms with Gasteiger partial charge in [-0.3, -0.25) is 0 Å². The van der Waals surface area contributed by atoms with Gasteiger partial charge in [-0.1, -0.05) is 11.6 Å². The summed E-state index contributed by atoms with van der Waals surface area (Å²) in [6.45, 7) is 0.459. The maximum atomic E-state index is 6.09. The number of nitrogen functional groups attached to an aromatic ring is 1. The number of hydrogen-bond donors (Lipinski definition) is 1. The van der Waals surface area contributed by atoms with Crippen molar-refractivity contribution in [3.05, 3.63) is 27.6 Å². The molecule has 3 aromatic rings.